The minimum atomic E-state index is -0.324. The molecule has 0 bridgehead atoms. The zero-order valence-corrected chi connectivity index (χ0v) is 15.9. The Bertz CT molecular complexity index is 977. The van der Waals surface area contributed by atoms with E-state index < -0.39 is 0 Å². The molecule has 6 nitrogen and oxygen atoms in total. The lowest BCUT2D eigenvalue weighted by Crippen LogP contribution is -2.47. The van der Waals surface area contributed by atoms with Crippen LogP contribution in [0.15, 0.2) is 54.7 Å². The van der Waals surface area contributed by atoms with E-state index in [0.717, 1.165) is 5.69 Å². The third kappa shape index (κ3) is 4.37. The van der Waals surface area contributed by atoms with Gasteiger partial charge in [0.1, 0.15) is 23.1 Å². The average molecular weight is 398 g/mol. The summed E-state index contributed by atoms with van der Waals surface area (Å²) >= 11 is 0. The molecule has 0 N–H and O–H groups in total. The Morgan fingerprint density at radius 2 is 1.55 bits per heavy atom. The van der Waals surface area contributed by atoms with Crippen molar-refractivity contribution in [3.63, 3.8) is 0 Å². The van der Waals surface area contributed by atoms with E-state index in [1.54, 1.807) is 30.5 Å². The monoisotopic (exact) mass is 398 g/mol. The molecule has 1 aromatic heterocycles. The normalized spacial score (nSPS) is 14.0. The van der Waals surface area contributed by atoms with Gasteiger partial charge in [-0.1, -0.05) is 0 Å². The number of methoxy groups -OCH3 is 1. The number of hydrogen-bond donors (Lipinski definition) is 0. The second-order valence-electron chi connectivity index (χ2n) is 6.54. The molecule has 0 spiro atoms. The smallest absolute Gasteiger partial charge is 0.228 e. The van der Waals surface area contributed by atoms with Gasteiger partial charge in [0.25, 0.3) is 0 Å². The predicted molar refractivity (Wildman–Crippen MR) is 106 cm³/mol. The lowest BCUT2D eigenvalue weighted by Gasteiger charge is -2.36. The van der Waals surface area contributed by atoms with Gasteiger partial charge in [-0.3, -0.25) is 0 Å². The van der Waals surface area contributed by atoms with Crippen LogP contribution in [0.1, 0.15) is 0 Å². The van der Waals surface area contributed by atoms with Gasteiger partial charge in [0, 0.05) is 44.5 Å². The number of ether oxygens (including phenoxy) is 2. The van der Waals surface area contributed by atoms with Crippen LogP contribution in [0.25, 0.3) is 0 Å². The molecule has 0 atom stereocenters. The van der Waals surface area contributed by atoms with Crippen LogP contribution in [0.4, 0.5) is 20.4 Å². The maximum absolute atomic E-state index is 13.4. The summed E-state index contributed by atoms with van der Waals surface area (Å²) in [5.41, 5.74) is 0.864. The molecule has 150 valence electrons. The molecule has 0 radical (unpaired) electrons. The maximum Gasteiger partial charge on any atom is 0.228 e. The molecule has 2 heterocycles. The summed E-state index contributed by atoms with van der Waals surface area (Å²) < 4.78 is 37.5. The van der Waals surface area contributed by atoms with Gasteiger partial charge in [-0.15, -0.1) is 0 Å². The number of hydrogen-bond acceptors (Lipinski definition) is 6. The highest BCUT2D eigenvalue weighted by Crippen LogP contribution is 2.30. The first-order valence-electron chi connectivity index (χ1n) is 9.22. The Morgan fingerprint density at radius 3 is 2.28 bits per heavy atom. The summed E-state index contributed by atoms with van der Waals surface area (Å²) in [5.74, 6) is 1.33. The molecule has 1 saturated heterocycles. The lowest BCUT2D eigenvalue weighted by atomic mass is 10.2. The van der Waals surface area contributed by atoms with Gasteiger partial charge in [-0.25, -0.2) is 13.8 Å². The van der Waals surface area contributed by atoms with Crippen molar-refractivity contribution >= 4 is 11.6 Å². The standard InChI is InChI=1S/C21H20F2N4O2/c1-28-19-14-16(23)4-7-18(19)26-10-12-27(13-11-26)21-24-9-8-20(25-21)29-17-5-2-15(22)3-6-17/h2-9,14H,10-13H2,1H3. The van der Waals surface area contributed by atoms with Crippen molar-refractivity contribution in [2.45, 2.75) is 0 Å². The lowest BCUT2D eigenvalue weighted by molar-refractivity contribution is 0.410. The van der Waals surface area contributed by atoms with Gasteiger partial charge in [0.15, 0.2) is 0 Å². The molecule has 1 fully saturated rings. The van der Waals surface area contributed by atoms with Crippen molar-refractivity contribution in [2.24, 2.45) is 0 Å². The van der Waals surface area contributed by atoms with Crippen molar-refractivity contribution in [3.8, 4) is 17.4 Å². The number of anilines is 2. The second kappa shape index (κ2) is 8.30. The molecule has 0 saturated carbocycles. The van der Waals surface area contributed by atoms with Crippen LogP contribution in [0.5, 0.6) is 17.4 Å². The maximum atomic E-state index is 13.4. The first-order chi connectivity index (χ1) is 14.1. The van der Waals surface area contributed by atoms with Crippen molar-refractivity contribution < 1.29 is 18.3 Å². The van der Waals surface area contributed by atoms with E-state index >= 15 is 0 Å². The second-order valence-corrected chi connectivity index (χ2v) is 6.54. The number of piperazine rings is 1. The minimum absolute atomic E-state index is 0.323. The average Bonchev–Trinajstić information content (AvgIpc) is 2.76. The number of aromatic nitrogens is 2. The fourth-order valence-electron chi connectivity index (χ4n) is 3.23. The highest BCUT2D eigenvalue weighted by atomic mass is 19.1. The highest BCUT2D eigenvalue weighted by Gasteiger charge is 2.22. The van der Waals surface area contributed by atoms with Crippen molar-refractivity contribution in [1.82, 2.24) is 9.97 Å². The Balaban J connectivity index is 1.43. The van der Waals surface area contributed by atoms with Crippen LogP contribution in [0.3, 0.4) is 0 Å². The van der Waals surface area contributed by atoms with Gasteiger partial charge >= 0.3 is 0 Å². The molecule has 3 aromatic rings. The van der Waals surface area contributed by atoms with E-state index in [9.17, 15) is 8.78 Å². The predicted octanol–water partition coefficient (Wildman–Crippen LogP) is 3.88. The van der Waals surface area contributed by atoms with E-state index in [4.69, 9.17) is 9.47 Å². The topological polar surface area (TPSA) is 50.7 Å². The molecular weight excluding hydrogens is 378 g/mol. The van der Waals surface area contributed by atoms with E-state index in [1.807, 2.05) is 0 Å². The van der Waals surface area contributed by atoms with E-state index in [0.29, 0.717) is 49.5 Å². The van der Waals surface area contributed by atoms with E-state index in [-0.39, 0.29) is 11.6 Å². The Labute approximate surface area is 167 Å². The van der Waals surface area contributed by atoms with Crippen molar-refractivity contribution in [3.05, 3.63) is 66.4 Å². The number of rotatable bonds is 5. The largest absolute Gasteiger partial charge is 0.494 e. The molecule has 1 aliphatic rings. The molecule has 4 rings (SSSR count). The Morgan fingerprint density at radius 1 is 0.862 bits per heavy atom. The quantitative estimate of drug-likeness (QED) is 0.650. The van der Waals surface area contributed by atoms with Gasteiger partial charge in [0.05, 0.1) is 12.8 Å². The first kappa shape index (κ1) is 18.9. The summed E-state index contributed by atoms with van der Waals surface area (Å²) in [7, 11) is 1.54. The van der Waals surface area contributed by atoms with Crippen LogP contribution in [-0.4, -0.2) is 43.3 Å². The molecule has 2 aromatic carbocycles. The number of benzene rings is 2. The van der Waals surface area contributed by atoms with Gasteiger partial charge in [-0.05, 0) is 36.4 Å². The number of nitrogens with zero attached hydrogens (tertiary/aromatic N) is 4. The molecular formula is C21H20F2N4O2. The summed E-state index contributed by atoms with van der Waals surface area (Å²) in [5, 5.41) is 0. The van der Waals surface area contributed by atoms with E-state index in [1.165, 1.54) is 31.4 Å². The molecule has 29 heavy (non-hydrogen) atoms. The minimum Gasteiger partial charge on any atom is -0.494 e. The molecule has 8 heteroatoms. The molecule has 0 aliphatic carbocycles. The van der Waals surface area contributed by atoms with Crippen LogP contribution in [0, 0.1) is 11.6 Å². The third-order valence-electron chi connectivity index (χ3n) is 4.70. The van der Waals surface area contributed by atoms with Crippen LogP contribution in [-0.2, 0) is 0 Å². The zero-order valence-electron chi connectivity index (χ0n) is 15.9. The Hall–Kier alpha value is -3.42. The molecule has 1 aliphatic heterocycles. The molecule has 0 amide bonds. The van der Waals surface area contributed by atoms with Crippen molar-refractivity contribution in [1.29, 1.82) is 0 Å². The first-order valence-corrected chi connectivity index (χ1v) is 9.22. The zero-order chi connectivity index (χ0) is 20.2. The summed E-state index contributed by atoms with van der Waals surface area (Å²) in [6.07, 6.45) is 1.64. The third-order valence-corrected chi connectivity index (χ3v) is 4.70. The van der Waals surface area contributed by atoms with Gasteiger partial charge < -0.3 is 19.3 Å². The highest BCUT2D eigenvalue weighted by molar-refractivity contribution is 5.59. The van der Waals surface area contributed by atoms with Crippen molar-refractivity contribution in [2.75, 3.05) is 43.1 Å². The van der Waals surface area contributed by atoms with E-state index in [2.05, 4.69) is 19.8 Å². The van der Waals surface area contributed by atoms with Gasteiger partial charge in [-0.2, -0.15) is 4.98 Å². The SMILES string of the molecule is COc1cc(F)ccc1N1CCN(c2nccc(Oc3ccc(F)cc3)n2)CC1. The summed E-state index contributed by atoms with van der Waals surface area (Å²) in [6.45, 7) is 2.82. The number of halogens is 2. The molecule has 0 unspecified atom stereocenters. The Kier molecular flexibility index (Phi) is 5.41. The van der Waals surface area contributed by atoms with Gasteiger partial charge in [0.2, 0.25) is 11.8 Å². The summed E-state index contributed by atoms with van der Waals surface area (Å²) in [6, 6.07) is 12.0. The van der Waals surface area contributed by atoms with Crippen LogP contribution in [0.2, 0.25) is 0 Å². The summed E-state index contributed by atoms with van der Waals surface area (Å²) in [4.78, 5) is 13.0. The fraction of sp³-hybridized carbons (Fsp3) is 0.238. The van der Waals surface area contributed by atoms with Crippen LogP contribution >= 0.6 is 0 Å². The van der Waals surface area contributed by atoms with Crippen LogP contribution < -0.4 is 19.3 Å². The fourth-order valence-corrected chi connectivity index (χ4v) is 3.23.